The van der Waals surface area contributed by atoms with Crippen molar-refractivity contribution in [2.75, 3.05) is 7.05 Å². The molecule has 10 heavy (non-hydrogen) atoms. The first-order valence-electron chi connectivity index (χ1n) is 3.53. The van der Waals surface area contributed by atoms with Gasteiger partial charge in [0.2, 0.25) is 5.91 Å². The summed E-state index contributed by atoms with van der Waals surface area (Å²) in [6, 6.07) is 0.220. The summed E-state index contributed by atoms with van der Waals surface area (Å²) in [5, 5.41) is 3.03. The van der Waals surface area contributed by atoms with Gasteiger partial charge in [0.1, 0.15) is 0 Å². The molecule has 1 amide bonds. The zero-order valence-corrected chi connectivity index (χ0v) is 6.85. The van der Waals surface area contributed by atoms with E-state index in [0.29, 0.717) is 12.3 Å². The Hall–Kier alpha value is -0.570. The highest BCUT2D eigenvalue weighted by atomic mass is 16.1. The lowest BCUT2D eigenvalue weighted by Crippen LogP contribution is -2.34. The Labute approximate surface area is 62.0 Å². The van der Waals surface area contributed by atoms with E-state index in [1.54, 1.807) is 0 Å². The molecule has 0 radical (unpaired) electrons. The van der Waals surface area contributed by atoms with Crippen molar-refractivity contribution in [1.82, 2.24) is 5.32 Å². The van der Waals surface area contributed by atoms with Gasteiger partial charge >= 0.3 is 0 Å². The van der Waals surface area contributed by atoms with Crippen LogP contribution in [0.15, 0.2) is 0 Å². The fraction of sp³-hybridized carbons (Fsp3) is 0.857. The number of carbonyl (C=O) groups is 1. The van der Waals surface area contributed by atoms with Gasteiger partial charge < -0.3 is 11.1 Å². The first-order valence-corrected chi connectivity index (χ1v) is 3.53. The quantitative estimate of drug-likeness (QED) is 0.588. The number of amides is 1. The van der Waals surface area contributed by atoms with Crippen LogP contribution in [-0.2, 0) is 4.79 Å². The highest BCUT2D eigenvalue weighted by Gasteiger charge is 2.12. The second-order valence-electron chi connectivity index (χ2n) is 2.81. The summed E-state index contributed by atoms with van der Waals surface area (Å²) >= 11 is 0. The van der Waals surface area contributed by atoms with Crippen LogP contribution >= 0.6 is 0 Å². The summed E-state index contributed by atoms with van der Waals surface area (Å²) in [5.74, 6) is 0.213. The molecule has 0 aromatic heterocycles. The molecule has 3 N–H and O–H groups in total. The topological polar surface area (TPSA) is 55.1 Å². The Morgan fingerprint density at radius 2 is 2.10 bits per heavy atom. The van der Waals surface area contributed by atoms with Crippen LogP contribution in [0.4, 0.5) is 0 Å². The van der Waals surface area contributed by atoms with Gasteiger partial charge in [-0.2, -0.15) is 0 Å². The summed E-state index contributed by atoms with van der Waals surface area (Å²) < 4.78 is 0. The van der Waals surface area contributed by atoms with Crippen LogP contribution in [0.5, 0.6) is 0 Å². The third-order valence-corrected chi connectivity index (χ3v) is 1.60. The van der Waals surface area contributed by atoms with Gasteiger partial charge in [-0.3, -0.25) is 4.79 Å². The Kier molecular flexibility index (Phi) is 4.03. The molecule has 0 bridgehead atoms. The van der Waals surface area contributed by atoms with Gasteiger partial charge in [0, 0.05) is 12.5 Å². The maximum Gasteiger partial charge on any atom is 0.218 e. The number of nitrogens with two attached hydrogens (primary N) is 1. The summed E-state index contributed by atoms with van der Waals surface area (Å²) in [4.78, 5) is 10.5. The molecular weight excluding hydrogens is 128 g/mol. The van der Waals surface area contributed by atoms with Gasteiger partial charge in [0.05, 0.1) is 0 Å². The smallest absolute Gasteiger partial charge is 0.218 e. The lowest BCUT2D eigenvalue weighted by atomic mass is 10.0. The van der Waals surface area contributed by atoms with Crippen LogP contribution in [0.1, 0.15) is 20.3 Å². The molecule has 0 saturated carbocycles. The summed E-state index contributed by atoms with van der Waals surface area (Å²) in [7, 11) is 1.84. The molecule has 0 aliphatic rings. The standard InChI is InChI=1S/C7H16N2O/c1-5(2)6(9-3)4-7(8)10/h5-6,9H,4H2,1-3H3,(H2,8,10). The number of hydrogen-bond acceptors (Lipinski definition) is 2. The van der Waals surface area contributed by atoms with E-state index in [2.05, 4.69) is 19.2 Å². The molecule has 60 valence electrons. The number of carbonyl (C=O) groups excluding carboxylic acids is 1. The maximum absolute atomic E-state index is 10.5. The van der Waals surface area contributed by atoms with Crippen LogP contribution in [-0.4, -0.2) is 19.0 Å². The van der Waals surface area contributed by atoms with Crippen molar-refractivity contribution >= 4 is 5.91 Å². The zero-order valence-electron chi connectivity index (χ0n) is 6.85. The van der Waals surface area contributed by atoms with Gasteiger partial charge in [0.25, 0.3) is 0 Å². The molecule has 1 unspecified atom stereocenters. The zero-order chi connectivity index (χ0) is 8.15. The fourth-order valence-electron chi connectivity index (χ4n) is 0.888. The predicted molar refractivity (Wildman–Crippen MR) is 41.5 cm³/mol. The molecule has 0 heterocycles. The largest absolute Gasteiger partial charge is 0.370 e. The number of hydrogen-bond donors (Lipinski definition) is 2. The van der Waals surface area contributed by atoms with Crippen LogP contribution < -0.4 is 11.1 Å². The summed E-state index contributed by atoms with van der Waals surface area (Å²) in [6.45, 7) is 4.12. The van der Waals surface area contributed by atoms with Gasteiger partial charge in [-0.15, -0.1) is 0 Å². The highest BCUT2D eigenvalue weighted by molar-refractivity contribution is 5.74. The van der Waals surface area contributed by atoms with E-state index in [9.17, 15) is 4.79 Å². The molecule has 0 aromatic rings. The van der Waals surface area contributed by atoms with Crippen molar-refractivity contribution in [3.05, 3.63) is 0 Å². The Balaban J connectivity index is 3.71. The van der Waals surface area contributed by atoms with E-state index in [1.165, 1.54) is 0 Å². The SMILES string of the molecule is CNC(CC(N)=O)C(C)C. The van der Waals surface area contributed by atoms with Crippen LogP contribution in [0, 0.1) is 5.92 Å². The lowest BCUT2D eigenvalue weighted by Gasteiger charge is -2.17. The van der Waals surface area contributed by atoms with E-state index in [0.717, 1.165) is 0 Å². The Morgan fingerprint density at radius 1 is 1.60 bits per heavy atom. The highest BCUT2D eigenvalue weighted by Crippen LogP contribution is 2.03. The van der Waals surface area contributed by atoms with Crippen molar-refractivity contribution in [2.45, 2.75) is 26.3 Å². The molecular formula is C7H16N2O. The summed E-state index contributed by atoms with van der Waals surface area (Å²) in [6.07, 6.45) is 0.425. The minimum atomic E-state index is -0.243. The predicted octanol–water partition coefficient (Wildman–Crippen LogP) is 0.106. The normalized spacial score (nSPS) is 13.6. The Bertz CT molecular complexity index is 112. The minimum absolute atomic E-state index is 0.220. The number of nitrogens with one attached hydrogen (secondary N) is 1. The molecule has 0 aromatic carbocycles. The van der Waals surface area contributed by atoms with E-state index in [-0.39, 0.29) is 11.9 Å². The van der Waals surface area contributed by atoms with Crippen molar-refractivity contribution in [2.24, 2.45) is 11.7 Å². The summed E-state index contributed by atoms with van der Waals surface area (Å²) in [5.41, 5.74) is 5.03. The first-order chi connectivity index (χ1) is 4.57. The number of rotatable bonds is 4. The second-order valence-corrected chi connectivity index (χ2v) is 2.81. The molecule has 0 fully saturated rings. The molecule has 0 spiro atoms. The van der Waals surface area contributed by atoms with Crippen molar-refractivity contribution in [1.29, 1.82) is 0 Å². The van der Waals surface area contributed by atoms with E-state index in [1.807, 2.05) is 7.05 Å². The van der Waals surface area contributed by atoms with Gasteiger partial charge in [-0.05, 0) is 13.0 Å². The third-order valence-electron chi connectivity index (χ3n) is 1.60. The maximum atomic E-state index is 10.5. The molecule has 0 rings (SSSR count). The average Bonchev–Trinajstić information content (AvgIpc) is 1.81. The van der Waals surface area contributed by atoms with Crippen molar-refractivity contribution in [3.8, 4) is 0 Å². The monoisotopic (exact) mass is 144 g/mol. The fourth-order valence-corrected chi connectivity index (χ4v) is 0.888. The van der Waals surface area contributed by atoms with Crippen LogP contribution in [0.25, 0.3) is 0 Å². The van der Waals surface area contributed by atoms with E-state index >= 15 is 0 Å². The second kappa shape index (κ2) is 4.28. The number of primary amides is 1. The van der Waals surface area contributed by atoms with E-state index < -0.39 is 0 Å². The molecule has 0 aliphatic heterocycles. The van der Waals surface area contributed by atoms with Crippen molar-refractivity contribution in [3.63, 3.8) is 0 Å². The molecule has 3 heteroatoms. The third kappa shape index (κ3) is 3.45. The lowest BCUT2D eigenvalue weighted by molar-refractivity contribution is -0.118. The van der Waals surface area contributed by atoms with Crippen molar-refractivity contribution < 1.29 is 4.79 Å². The van der Waals surface area contributed by atoms with Gasteiger partial charge in [-0.1, -0.05) is 13.8 Å². The average molecular weight is 144 g/mol. The van der Waals surface area contributed by atoms with Gasteiger partial charge in [0.15, 0.2) is 0 Å². The Morgan fingerprint density at radius 3 is 2.20 bits per heavy atom. The molecule has 0 saturated heterocycles. The van der Waals surface area contributed by atoms with E-state index in [4.69, 9.17) is 5.73 Å². The first kappa shape index (κ1) is 9.43. The van der Waals surface area contributed by atoms with Crippen LogP contribution in [0.2, 0.25) is 0 Å². The molecule has 0 aliphatic carbocycles. The molecule has 3 nitrogen and oxygen atoms in total. The molecule has 1 atom stereocenters. The van der Waals surface area contributed by atoms with Crippen LogP contribution in [0.3, 0.4) is 0 Å². The minimum Gasteiger partial charge on any atom is -0.370 e. The van der Waals surface area contributed by atoms with Gasteiger partial charge in [-0.25, -0.2) is 0 Å².